The van der Waals surface area contributed by atoms with Gasteiger partial charge in [0, 0.05) is 22.2 Å². The van der Waals surface area contributed by atoms with Crippen molar-refractivity contribution in [1.29, 1.82) is 0 Å². The largest absolute Gasteiger partial charge is 0.309 e. The molecule has 2 aromatic heterocycles. The van der Waals surface area contributed by atoms with Crippen LogP contribution in [0.5, 0.6) is 0 Å². The van der Waals surface area contributed by atoms with E-state index in [9.17, 15) is 0 Å². The smallest absolute Gasteiger partial charge is 0.179 e. The number of thioether (sulfide) groups is 1. The Hall–Kier alpha value is -5.62. The van der Waals surface area contributed by atoms with Gasteiger partial charge in [-0.15, -0.1) is 0 Å². The molecule has 0 aliphatic carbocycles. The Bertz CT molecular complexity index is 2560. The van der Waals surface area contributed by atoms with E-state index >= 15 is 0 Å². The molecule has 0 bridgehead atoms. The molecule has 0 unspecified atom stereocenters. The van der Waals surface area contributed by atoms with Crippen LogP contribution in [-0.2, 0) is 5.75 Å². The van der Waals surface area contributed by atoms with Gasteiger partial charge in [-0.05, 0) is 68.8 Å². The maximum atomic E-state index is 4.92. The average molecular weight is 662 g/mol. The summed E-state index contributed by atoms with van der Waals surface area (Å²) in [6.07, 6.45) is 0. The lowest BCUT2D eigenvalue weighted by Gasteiger charge is -2.34. The molecule has 10 rings (SSSR count). The first-order chi connectivity index (χ1) is 24.3. The molecule has 0 spiro atoms. The zero-order valence-corrected chi connectivity index (χ0v) is 28.5. The second-order valence-corrected chi connectivity index (χ2v) is 17.5. The van der Waals surface area contributed by atoms with Gasteiger partial charge in [-0.3, -0.25) is 4.57 Å². The molecule has 0 saturated heterocycles. The van der Waals surface area contributed by atoms with Crippen molar-refractivity contribution in [2.45, 2.75) is 10.9 Å². The topological polar surface area (TPSA) is 22.8 Å². The van der Waals surface area contributed by atoms with E-state index in [1.807, 2.05) is 11.8 Å². The van der Waals surface area contributed by atoms with Crippen LogP contribution in [0.3, 0.4) is 0 Å². The first-order valence-electron chi connectivity index (χ1n) is 16.7. The highest BCUT2D eigenvalue weighted by Gasteiger charge is 2.41. The first-order valence-corrected chi connectivity index (χ1v) is 19.7. The molecule has 0 saturated carbocycles. The standard InChI is InChI=1S/C44H31N3SSi/c1-4-14-33(15-5-1)49(34-16-6-2-7-17-34,35-18-8-3-9-19-35)36-25-27-42-38(29-36)37-20-10-12-22-41(37)46(42)32-24-26-40-31(28-32)30-48-44-45-39-21-11-13-23-43(39)47(40)44/h1-29H,30H2. The Labute approximate surface area is 290 Å². The minimum Gasteiger partial charge on any atom is -0.309 e. The number of benzene rings is 7. The van der Waals surface area contributed by atoms with E-state index in [4.69, 9.17) is 4.98 Å². The second kappa shape index (κ2) is 11.2. The van der Waals surface area contributed by atoms with Crippen molar-refractivity contribution in [2.75, 3.05) is 0 Å². The van der Waals surface area contributed by atoms with Gasteiger partial charge in [0.05, 0.1) is 27.8 Å². The molecule has 3 heterocycles. The molecule has 9 aromatic rings. The molecule has 0 radical (unpaired) electrons. The predicted molar refractivity (Wildman–Crippen MR) is 209 cm³/mol. The number of fused-ring (bicyclic) bond motifs is 8. The van der Waals surface area contributed by atoms with E-state index in [1.165, 1.54) is 59.5 Å². The summed E-state index contributed by atoms with van der Waals surface area (Å²) in [6.45, 7) is 0. The third-order valence-electron chi connectivity index (χ3n) is 10.2. The molecule has 1 aliphatic rings. The fourth-order valence-electron chi connectivity index (χ4n) is 8.07. The van der Waals surface area contributed by atoms with Crippen LogP contribution in [-0.4, -0.2) is 22.2 Å². The first kappa shape index (κ1) is 28.4. The Morgan fingerprint density at radius 3 is 1.76 bits per heavy atom. The highest BCUT2D eigenvalue weighted by molar-refractivity contribution is 7.98. The summed E-state index contributed by atoms with van der Waals surface area (Å²) >= 11 is 1.82. The minimum absolute atomic E-state index is 0.896. The Morgan fingerprint density at radius 1 is 0.469 bits per heavy atom. The molecule has 3 nitrogen and oxygen atoms in total. The van der Waals surface area contributed by atoms with E-state index in [0.717, 1.165) is 21.9 Å². The Balaban J connectivity index is 1.22. The molecule has 0 atom stereocenters. The van der Waals surface area contributed by atoms with Crippen LogP contribution >= 0.6 is 11.8 Å². The fourth-order valence-corrected chi connectivity index (χ4v) is 13.8. The number of rotatable bonds is 5. The van der Waals surface area contributed by atoms with Gasteiger partial charge in [-0.2, -0.15) is 0 Å². The average Bonchev–Trinajstić information content (AvgIpc) is 3.72. The molecular weight excluding hydrogens is 631 g/mol. The van der Waals surface area contributed by atoms with Crippen LogP contribution in [0.1, 0.15) is 5.56 Å². The van der Waals surface area contributed by atoms with Gasteiger partial charge in [0.15, 0.2) is 13.2 Å². The van der Waals surface area contributed by atoms with Gasteiger partial charge in [-0.25, -0.2) is 4.98 Å². The maximum Gasteiger partial charge on any atom is 0.179 e. The molecular formula is C44H31N3SSi. The fraction of sp³-hybridized carbons (Fsp3) is 0.0227. The molecule has 49 heavy (non-hydrogen) atoms. The zero-order chi connectivity index (χ0) is 32.4. The quantitative estimate of drug-likeness (QED) is 0.137. The van der Waals surface area contributed by atoms with Crippen molar-refractivity contribution >= 4 is 73.4 Å². The lowest BCUT2D eigenvalue weighted by molar-refractivity contribution is 0.893. The van der Waals surface area contributed by atoms with Crippen LogP contribution in [0.25, 0.3) is 44.2 Å². The predicted octanol–water partition coefficient (Wildman–Crippen LogP) is 8.11. The van der Waals surface area contributed by atoms with Gasteiger partial charge in [-0.1, -0.05) is 145 Å². The number of hydrogen-bond acceptors (Lipinski definition) is 2. The Morgan fingerprint density at radius 2 is 1.06 bits per heavy atom. The number of para-hydroxylation sites is 3. The molecule has 0 fully saturated rings. The molecule has 232 valence electrons. The van der Waals surface area contributed by atoms with Gasteiger partial charge in [0.25, 0.3) is 0 Å². The van der Waals surface area contributed by atoms with E-state index < -0.39 is 8.07 Å². The van der Waals surface area contributed by atoms with E-state index in [1.54, 1.807) is 0 Å². The second-order valence-electron chi connectivity index (χ2n) is 12.8. The molecule has 7 aromatic carbocycles. The summed E-state index contributed by atoms with van der Waals surface area (Å²) in [5, 5.41) is 9.15. The third-order valence-corrected chi connectivity index (χ3v) is 15.9. The number of hydrogen-bond donors (Lipinski definition) is 0. The van der Waals surface area contributed by atoms with Crippen LogP contribution in [0, 0.1) is 0 Å². The SMILES string of the molecule is c1ccc([Si](c2ccccc2)(c2ccccc2)c2ccc3c(c2)c2ccccc2n3-c2ccc3c(c2)CSc2nc4ccccc4n2-3)cc1. The minimum atomic E-state index is -2.66. The van der Waals surface area contributed by atoms with Crippen LogP contribution < -0.4 is 20.7 Å². The zero-order valence-electron chi connectivity index (χ0n) is 26.7. The van der Waals surface area contributed by atoms with Gasteiger partial charge in [0.1, 0.15) is 0 Å². The van der Waals surface area contributed by atoms with Crippen LogP contribution in [0.2, 0.25) is 0 Å². The van der Waals surface area contributed by atoms with E-state index in [-0.39, 0.29) is 0 Å². The molecule has 5 heteroatoms. The van der Waals surface area contributed by atoms with Crippen LogP contribution in [0.4, 0.5) is 0 Å². The highest BCUT2D eigenvalue weighted by atomic mass is 32.2. The monoisotopic (exact) mass is 661 g/mol. The van der Waals surface area contributed by atoms with Gasteiger partial charge in [0.2, 0.25) is 0 Å². The molecule has 0 N–H and O–H groups in total. The third kappa shape index (κ3) is 4.26. The van der Waals surface area contributed by atoms with Crippen molar-refractivity contribution in [3.05, 3.63) is 181 Å². The summed E-state index contributed by atoms with van der Waals surface area (Å²) in [5.41, 5.74) is 8.37. The van der Waals surface area contributed by atoms with Gasteiger partial charge >= 0.3 is 0 Å². The summed E-state index contributed by atoms with van der Waals surface area (Å²) < 4.78 is 4.78. The van der Waals surface area contributed by atoms with Crippen LogP contribution in [0.15, 0.2) is 181 Å². The lowest BCUT2D eigenvalue weighted by atomic mass is 10.1. The van der Waals surface area contributed by atoms with E-state index in [2.05, 4.69) is 185 Å². The lowest BCUT2D eigenvalue weighted by Crippen LogP contribution is -2.74. The van der Waals surface area contributed by atoms with E-state index in [0.29, 0.717) is 0 Å². The summed E-state index contributed by atoms with van der Waals surface area (Å²) in [7, 11) is -2.66. The summed E-state index contributed by atoms with van der Waals surface area (Å²) in [5.74, 6) is 0.896. The number of aromatic nitrogens is 3. The van der Waals surface area contributed by atoms with Crippen molar-refractivity contribution in [2.24, 2.45) is 0 Å². The van der Waals surface area contributed by atoms with Crippen molar-refractivity contribution < 1.29 is 0 Å². The maximum absolute atomic E-state index is 4.92. The molecule has 1 aliphatic heterocycles. The number of nitrogens with zero attached hydrogens (tertiary/aromatic N) is 3. The summed E-state index contributed by atoms with van der Waals surface area (Å²) in [6, 6.07) is 65.1. The summed E-state index contributed by atoms with van der Waals surface area (Å²) in [4.78, 5) is 4.92. The van der Waals surface area contributed by atoms with Crippen molar-refractivity contribution in [3.63, 3.8) is 0 Å². The highest BCUT2D eigenvalue weighted by Crippen LogP contribution is 2.39. The normalized spacial score (nSPS) is 12.7. The number of imidazole rings is 1. The van der Waals surface area contributed by atoms with Gasteiger partial charge < -0.3 is 4.57 Å². The van der Waals surface area contributed by atoms with Crippen molar-refractivity contribution in [1.82, 2.24) is 14.1 Å². The van der Waals surface area contributed by atoms with Crippen molar-refractivity contribution in [3.8, 4) is 11.4 Å². The molecule has 0 amide bonds. The Kier molecular flexibility index (Phi) is 6.51.